The molecule has 0 aromatic heterocycles. The summed E-state index contributed by atoms with van der Waals surface area (Å²) in [7, 11) is -2.34. The average molecular weight is 485 g/mol. The molecule has 0 aliphatic carbocycles. The third-order valence-electron chi connectivity index (χ3n) is 4.95. The number of carbonyl (C=O) groups excluding carboxylic acids is 1. The van der Waals surface area contributed by atoms with E-state index in [9.17, 15) is 13.2 Å². The van der Waals surface area contributed by atoms with Crippen molar-refractivity contribution in [2.45, 2.75) is 4.90 Å². The van der Waals surface area contributed by atoms with Crippen LogP contribution in [-0.4, -0.2) is 21.4 Å². The first-order valence-corrected chi connectivity index (χ1v) is 11.8. The molecule has 0 saturated heterocycles. The van der Waals surface area contributed by atoms with Gasteiger partial charge in [0, 0.05) is 33.7 Å². The van der Waals surface area contributed by atoms with Gasteiger partial charge in [0.05, 0.1) is 10.6 Å². The van der Waals surface area contributed by atoms with Crippen LogP contribution in [-0.2, 0) is 10.0 Å². The van der Waals surface area contributed by atoms with Crippen molar-refractivity contribution >= 4 is 61.3 Å². The number of amides is 1. The highest BCUT2D eigenvalue weighted by Crippen LogP contribution is 2.30. The summed E-state index contributed by atoms with van der Waals surface area (Å²) in [6.07, 6.45) is 0. The molecular formula is C24H18Cl2N2O3S. The maximum atomic E-state index is 13.2. The predicted molar refractivity (Wildman–Crippen MR) is 130 cm³/mol. The summed E-state index contributed by atoms with van der Waals surface area (Å²) in [6.45, 7) is 0. The Bertz CT molecular complexity index is 1400. The van der Waals surface area contributed by atoms with Crippen LogP contribution in [0.15, 0.2) is 89.8 Å². The Labute approximate surface area is 196 Å². The van der Waals surface area contributed by atoms with Crippen molar-refractivity contribution in [1.82, 2.24) is 0 Å². The normalized spacial score (nSPS) is 11.3. The van der Waals surface area contributed by atoms with E-state index >= 15 is 0 Å². The van der Waals surface area contributed by atoms with Gasteiger partial charge in [0.25, 0.3) is 15.9 Å². The number of nitrogens with zero attached hydrogens (tertiary/aromatic N) is 1. The van der Waals surface area contributed by atoms with Crippen LogP contribution in [0, 0.1) is 0 Å². The Morgan fingerprint density at radius 1 is 0.844 bits per heavy atom. The van der Waals surface area contributed by atoms with E-state index < -0.39 is 10.0 Å². The van der Waals surface area contributed by atoms with Crippen LogP contribution in [0.1, 0.15) is 10.4 Å². The molecule has 0 aliphatic heterocycles. The Balaban J connectivity index is 1.78. The maximum Gasteiger partial charge on any atom is 0.262 e. The lowest BCUT2D eigenvalue weighted by atomic mass is 10.0. The van der Waals surface area contributed by atoms with Gasteiger partial charge in [-0.25, -0.2) is 8.42 Å². The van der Waals surface area contributed by atoms with E-state index in [0.717, 1.165) is 11.1 Å². The summed E-state index contributed by atoms with van der Waals surface area (Å²) in [6, 6.07) is 23.8. The molecule has 8 heteroatoms. The highest BCUT2D eigenvalue weighted by molar-refractivity contribution is 7.92. The quantitative estimate of drug-likeness (QED) is 0.365. The van der Waals surface area contributed by atoms with Crippen LogP contribution in [0.5, 0.6) is 0 Å². The zero-order valence-corrected chi connectivity index (χ0v) is 19.2. The largest absolute Gasteiger partial charge is 0.311 e. The lowest BCUT2D eigenvalue weighted by molar-refractivity contribution is 0.0993. The topological polar surface area (TPSA) is 66.5 Å². The van der Waals surface area contributed by atoms with Crippen molar-refractivity contribution in [3.05, 3.63) is 101 Å². The summed E-state index contributed by atoms with van der Waals surface area (Å²) in [5.41, 5.74) is 1.35. The van der Waals surface area contributed by atoms with Crippen LogP contribution in [0.25, 0.3) is 10.8 Å². The SMILES string of the molecule is CN(C(=O)c1cc(NS(=O)(=O)c2cc(Cl)cc(Cl)c2)c2ccccc2c1)c1ccccc1. The van der Waals surface area contributed by atoms with E-state index in [0.29, 0.717) is 10.9 Å². The minimum absolute atomic E-state index is 0.0720. The fraction of sp³-hybridized carbons (Fsp3) is 0.0417. The molecule has 0 heterocycles. The molecule has 0 atom stereocenters. The van der Waals surface area contributed by atoms with Gasteiger partial charge in [0.1, 0.15) is 0 Å². The van der Waals surface area contributed by atoms with Gasteiger partial charge in [0.2, 0.25) is 0 Å². The second-order valence-corrected chi connectivity index (χ2v) is 9.71. The van der Waals surface area contributed by atoms with Crippen molar-refractivity contribution in [2.75, 3.05) is 16.7 Å². The highest BCUT2D eigenvalue weighted by Gasteiger charge is 2.20. The number of benzene rings is 4. The van der Waals surface area contributed by atoms with Gasteiger partial charge in [-0.1, -0.05) is 65.7 Å². The van der Waals surface area contributed by atoms with Crippen molar-refractivity contribution in [3.63, 3.8) is 0 Å². The number of para-hydroxylation sites is 1. The van der Waals surface area contributed by atoms with Crippen molar-refractivity contribution in [1.29, 1.82) is 0 Å². The van der Waals surface area contributed by atoms with Gasteiger partial charge < -0.3 is 4.90 Å². The highest BCUT2D eigenvalue weighted by atomic mass is 35.5. The maximum absolute atomic E-state index is 13.2. The summed E-state index contributed by atoms with van der Waals surface area (Å²) >= 11 is 12.0. The number of rotatable bonds is 5. The van der Waals surface area contributed by atoms with Crippen LogP contribution >= 0.6 is 23.2 Å². The van der Waals surface area contributed by atoms with Crippen molar-refractivity contribution in [3.8, 4) is 0 Å². The number of halogens is 2. The number of hydrogen-bond donors (Lipinski definition) is 1. The van der Waals surface area contributed by atoms with Gasteiger partial charge >= 0.3 is 0 Å². The first-order chi connectivity index (χ1) is 15.2. The molecule has 5 nitrogen and oxygen atoms in total. The third-order valence-corrected chi connectivity index (χ3v) is 6.73. The van der Waals surface area contributed by atoms with E-state index in [1.54, 1.807) is 25.2 Å². The number of anilines is 2. The molecule has 4 rings (SSSR count). The summed E-state index contributed by atoms with van der Waals surface area (Å²) in [5, 5.41) is 1.79. The van der Waals surface area contributed by atoms with Gasteiger partial charge in [-0.3, -0.25) is 9.52 Å². The predicted octanol–water partition coefficient (Wildman–Crippen LogP) is 6.22. The molecule has 4 aromatic carbocycles. The first-order valence-electron chi connectivity index (χ1n) is 9.59. The van der Waals surface area contributed by atoms with Gasteiger partial charge in [-0.05, 0) is 47.9 Å². The molecule has 4 aromatic rings. The van der Waals surface area contributed by atoms with Gasteiger partial charge in [-0.2, -0.15) is 0 Å². The second-order valence-electron chi connectivity index (χ2n) is 7.16. The van der Waals surface area contributed by atoms with Crippen LogP contribution in [0.3, 0.4) is 0 Å². The number of hydrogen-bond acceptors (Lipinski definition) is 3. The molecule has 162 valence electrons. The standard InChI is InChI=1S/C24H18Cl2N2O3S/c1-28(20-8-3-2-4-9-20)24(29)17-11-16-7-5-6-10-22(16)23(12-17)27-32(30,31)21-14-18(25)13-19(26)15-21/h2-15,27H,1H3. The molecule has 0 saturated carbocycles. The average Bonchev–Trinajstić information content (AvgIpc) is 2.77. The van der Waals surface area contributed by atoms with E-state index in [1.165, 1.54) is 29.2 Å². The van der Waals surface area contributed by atoms with E-state index in [1.807, 2.05) is 42.5 Å². The zero-order chi connectivity index (χ0) is 22.9. The summed E-state index contributed by atoms with van der Waals surface area (Å²) in [4.78, 5) is 14.6. The molecule has 32 heavy (non-hydrogen) atoms. The molecule has 0 radical (unpaired) electrons. The molecule has 1 amide bonds. The number of nitrogens with one attached hydrogen (secondary N) is 1. The van der Waals surface area contributed by atoms with Crippen molar-refractivity contribution < 1.29 is 13.2 Å². The summed E-state index contributed by atoms with van der Waals surface area (Å²) < 4.78 is 28.7. The molecule has 0 spiro atoms. The number of fused-ring (bicyclic) bond motifs is 1. The van der Waals surface area contributed by atoms with E-state index in [-0.39, 0.29) is 26.5 Å². The Hall–Kier alpha value is -3.06. The number of sulfonamides is 1. The van der Waals surface area contributed by atoms with E-state index in [2.05, 4.69) is 4.72 Å². The summed E-state index contributed by atoms with van der Waals surface area (Å²) in [5.74, 6) is -0.270. The Morgan fingerprint density at radius 3 is 2.16 bits per heavy atom. The monoisotopic (exact) mass is 484 g/mol. The smallest absolute Gasteiger partial charge is 0.262 e. The lowest BCUT2D eigenvalue weighted by Gasteiger charge is -2.19. The van der Waals surface area contributed by atoms with Crippen LogP contribution in [0.2, 0.25) is 10.0 Å². The van der Waals surface area contributed by atoms with E-state index in [4.69, 9.17) is 23.2 Å². The van der Waals surface area contributed by atoms with Crippen molar-refractivity contribution in [2.24, 2.45) is 0 Å². The van der Waals surface area contributed by atoms with Crippen LogP contribution in [0.4, 0.5) is 11.4 Å². The molecule has 0 aliphatic rings. The zero-order valence-electron chi connectivity index (χ0n) is 16.9. The molecule has 0 bridgehead atoms. The fourth-order valence-corrected chi connectivity index (χ4v) is 5.16. The Kier molecular flexibility index (Phi) is 6.11. The third kappa shape index (κ3) is 4.58. The first kappa shape index (κ1) is 22.1. The molecule has 0 fully saturated rings. The Morgan fingerprint density at radius 2 is 1.47 bits per heavy atom. The molecule has 1 N–H and O–H groups in total. The van der Waals surface area contributed by atoms with Gasteiger partial charge in [-0.15, -0.1) is 0 Å². The fourth-order valence-electron chi connectivity index (χ4n) is 3.37. The number of carbonyl (C=O) groups is 1. The van der Waals surface area contributed by atoms with Crippen LogP contribution < -0.4 is 9.62 Å². The lowest BCUT2D eigenvalue weighted by Crippen LogP contribution is -2.26. The minimum Gasteiger partial charge on any atom is -0.311 e. The second kappa shape index (κ2) is 8.82. The molecule has 0 unspecified atom stereocenters. The van der Waals surface area contributed by atoms with Gasteiger partial charge in [0.15, 0.2) is 0 Å². The minimum atomic E-state index is -4.01. The molecular weight excluding hydrogens is 467 g/mol.